The minimum absolute atomic E-state index is 0.0500. The molecule has 8 aromatic carbocycles. The number of nitrogens with two attached hydrogens (primary N) is 1. The molecule has 4 unspecified atom stereocenters. The number of methoxy groups -OCH3 is 4. The molecule has 14 rings (SSSR count). The maximum Gasteiger partial charge on any atom is 0.697 e. The molecule has 10 atom stereocenters. The highest BCUT2D eigenvalue weighted by Gasteiger charge is 2.67. The molecule has 28 nitrogen and oxygen atoms in total. The van der Waals surface area contributed by atoms with Gasteiger partial charge in [0.2, 0.25) is 0 Å². The van der Waals surface area contributed by atoms with Gasteiger partial charge in [0.15, 0.2) is 34.3 Å². The number of thioether (sulfide) groups is 2. The fourth-order valence-electron chi connectivity index (χ4n) is 16.4. The molecule has 143 heavy (non-hydrogen) atoms. The van der Waals surface area contributed by atoms with E-state index in [4.69, 9.17) is 118 Å². The van der Waals surface area contributed by atoms with E-state index in [1.165, 1.54) is 33.4 Å². The van der Waals surface area contributed by atoms with E-state index in [9.17, 15) is 54.7 Å². The van der Waals surface area contributed by atoms with Crippen LogP contribution in [0.15, 0.2) is 240 Å². The number of hydrogen-bond donors (Lipinski definition) is 4. The Morgan fingerprint density at radius 2 is 0.804 bits per heavy atom. The zero-order valence-corrected chi connectivity index (χ0v) is 87.9. The molecule has 772 valence electrons. The molecule has 0 spiro atoms. The van der Waals surface area contributed by atoms with Gasteiger partial charge >= 0.3 is 39.7 Å². The topological polar surface area (TPSA) is 329 Å². The van der Waals surface area contributed by atoms with Crippen molar-refractivity contribution >= 4 is 108 Å². The Balaban J connectivity index is 0.000000237. The van der Waals surface area contributed by atoms with Gasteiger partial charge in [0, 0.05) is 52.4 Å². The molecular weight excluding hydrogens is 2030 g/mol. The van der Waals surface area contributed by atoms with Crippen LogP contribution in [0.25, 0.3) is 0 Å². The van der Waals surface area contributed by atoms with E-state index in [0.717, 1.165) is 87.6 Å². The molecule has 0 bridgehead atoms. The van der Waals surface area contributed by atoms with Gasteiger partial charge in [-0.2, -0.15) is 36.3 Å². The monoisotopic (exact) mass is 2140 g/mol. The molecule has 4 fully saturated rings. The molecule has 6 heterocycles. The molecule has 0 aliphatic carbocycles. The number of nitrogens with zero attached hydrogens (tertiary/aromatic N) is 4. The van der Waals surface area contributed by atoms with Crippen molar-refractivity contribution in [3.63, 3.8) is 0 Å². The third-order valence-electron chi connectivity index (χ3n) is 24.4. The number of fused-ring (bicyclic) bond motifs is 2. The number of nitrogens with one attached hydrogen (secondary N) is 3. The van der Waals surface area contributed by atoms with Gasteiger partial charge in [0.25, 0.3) is 3.25 Å². The van der Waals surface area contributed by atoms with Crippen LogP contribution in [-0.2, 0) is 102 Å². The van der Waals surface area contributed by atoms with Crippen molar-refractivity contribution in [2.45, 2.75) is 195 Å². The van der Waals surface area contributed by atoms with Crippen molar-refractivity contribution in [1.29, 1.82) is 0 Å². The summed E-state index contributed by atoms with van der Waals surface area (Å²) in [6.45, 7) is 21.3. The highest BCUT2D eigenvalue weighted by Crippen LogP contribution is 2.55. The SMILES string of the molecule is CCC(C)(C)C(=O)SCCOP(=O)(NCc1ccc(C(F)(F)F)cc1)OC[C@H]1O[C@@H](n2ccc(NC(c3ccccc3)(c3ccc(OC)cc3)c3ccc(OC)cc3)nc2=O)C2(C)OC(C)(C)O[C@@H]12.CCC(C)(C)C(=O)SCCO[P+](=O)OC[C@H]1O[C@@H](n2ccc(NC(c3ccccc3)(c3ccc(OC)cc3)c3ccc(OC)cc3)nc2=O)C2(C)OC(C)(C)O[C@@H]12.ClC(Cl)(Cl)Cl.NCc1ccc(C(F)(F)F)cc1. The largest absolute Gasteiger partial charge is 0.697 e. The number of anilines is 2. The van der Waals surface area contributed by atoms with Crippen LogP contribution in [0, 0.1) is 10.8 Å². The van der Waals surface area contributed by atoms with Gasteiger partial charge in [-0.1, -0.05) is 245 Å². The predicted molar refractivity (Wildman–Crippen MR) is 539 cm³/mol. The van der Waals surface area contributed by atoms with Gasteiger partial charge in [0.1, 0.15) is 94.5 Å². The fraction of sp³-hybridized carbons (Fsp3) is 0.426. The summed E-state index contributed by atoms with van der Waals surface area (Å²) >= 11 is 21.5. The van der Waals surface area contributed by atoms with Gasteiger partial charge < -0.3 is 63.7 Å². The summed E-state index contributed by atoms with van der Waals surface area (Å²) in [5.74, 6) is 1.59. The second-order valence-corrected chi connectivity index (χ2v) is 44.3. The lowest BCUT2D eigenvalue weighted by atomic mass is 9.77. The molecule has 4 aliphatic rings. The van der Waals surface area contributed by atoms with Gasteiger partial charge in [-0.05, 0) is 184 Å². The number of halogens is 10. The summed E-state index contributed by atoms with van der Waals surface area (Å²) in [4.78, 5) is 62.8. The number of rotatable bonds is 38. The van der Waals surface area contributed by atoms with Crippen molar-refractivity contribution in [1.82, 2.24) is 24.2 Å². The van der Waals surface area contributed by atoms with Crippen molar-refractivity contribution in [2.24, 2.45) is 16.6 Å². The van der Waals surface area contributed by atoms with Crippen molar-refractivity contribution in [3.05, 3.63) is 307 Å². The summed E-state index contributed by atoms with van der Waals surface area (Å²) in [5, 5.41) is 9.99. The van der Waals surface area contributed by atoms with Crippen molar-refractivity contribution < 1.29 is 111 Å². The predicted octanol–water partition coefficient (Wildman–Crippen LogP) is 22.7. The molecule has 42 heteroatoms. The molecule has 4 saturated heterocycles. The first-order chi connectivity index (χ1) is 67.3. The molecular formula is C101H117Cl4F6N8O20P2S2+. The smallest absolute Gasteiger partial charge is 0.497 e. The summed E-state index contributed by atoms with van der Waals surface area (Å²) in [6.07, 6.45) is -9.71. The zero-order valence-electron chi connectivity index (χ0n) is 81.5. The molecule has 2 aromatic heterocycles. The van der Waals surface area contributed by atoms with E-state index < -0.39 is 142 Å². The summed E-state index contributed by atoms with van der Waals surface area (Å²) in [5.41, 5.74) is 3.11. The number of benzene rings is 8. The Morgan fingerprint density at radius 1 is 0.476 bits per heavy atom. The van der Waals surface area contributed by atoms with E-state index in [1.54, 1.807) is 87.6 Å². The van der Waals surface area contributed by atoms with Crippen molar-refractivity contribution in [2.75, 3.05) is 77.0 Å². The number of carbonyl (C=O) groups is 2. The van der Waals surface area contributed by atoms with E-state index in [-0.39, 0.29) is 54.7 Å². The Morgan fingerprint density at radius 3 is 1.13 bits per heavy atom. The summed E-state index contributed by atoms with van der Waals surface area (Å²) in [7, 11) is -0.371. The van der Waals surface area contributed by atoms with E-state index >= 15 is 0 Å². The molecule has 0 saturated carbocycles. The van der Waals surface area contributed by atoms with Gasteiger partial charge in [0.05, 0.1) is 52.8 Å². The second kappa shape index (κ2) is 48.3. The minimum Gasteiger partial charge on any atom is -0.497 e. The standard InChI is InChI=1S/C50H58F3N4O10PS.C42H50N3O10PS.C8H8F3N.CCl4/c1-9-46(2,3)44(58)69-30-29-63-68(60,54-31-33-15-17-37(18-16-33)50(51,52)53)64-32-40-42-48(6,67-47(4,5)66-42)43(65-40)57-28-27-41(55-45(57)59)56-49(34-13-11-10-12-14-34,35-19-23-38(61-7)24-20-35)36-21-25-39(62-8)26-22-36;1-9-39(2,3)37(46)57-26-25-51-56(48)52-27-33-35-41(6,55-40(4,5)54-35)36(53-33)45-24-23-34(43-38(45)47)44-42(28-13-11-10-12-14-28,29-15-19-31(49-7)20-16-29)30-17-21-32(50-8)22-18-30;9-8(10,11)7-3-1-6(5-12)2-4-7;2-1(3,4)5/h10-28,40,42-43H,9,29-32H2,1-8H3,(H,54,60)(H,55,56,59);10-24,33,35-36H,9,25-27H2,1-8H3;1-4H,5,12H2;/p+1/t40-,42+,43-,48?,68?;33-,35+,36-,41?;;/m11../s1. The third-order valence-corrected chi connectivity index (χ3v) is 29.1. The Labute approximate surface area is 856 Å². The highest BCUT2D eigenvalue weighted by atomic mass is 35.6. The molecule has 0 amide bonds. The van der Waals surface area contributed by atoms with Crippen LogP contribution in [0.2, 0.25) is 0 Å². The van der Waals surface area contributed by atoms with Gasteiger partial charge in [-0.15, -0.1) is 9.05 Å². The third kappa shape index (κ3) is 28.9. The highest BCUT2D eigenvalue weighted by molar-refractivity contribution is 8.14. The average Bonchev–Trinajstić information content (AvgIpc) is 1.33. The van der Waals surface area contributed by atoms with Gasteiger partial charge in [-0.3, -0.25) is 27.8 Å². The maximum absolute atomic E-state index is 14.5. The van der Waals surface area contributed by atoms with Crippen LogP contribution in [0.1, 0.15) is 164 Å². The van der Waals surface area contributed by atoms with E-state index in [2.05, 4.69) is 25.7 Å². The lowest BCUT2D eigenvalue weighted by molar-refractivity contribution is -0.218. The quantitative estimate of drug-likeness (QED) is 0.00918. The van der Waals surface area contributed by atoms with Crippen LogP contribution in [-0.4, -0.2) is 146 Å². The van der Waals surface area contributed by atoms with Crippen LogP contribution < -0.4 is 51.8 Å². The van der Waals surface area contributed by atoms with Crippen molar-refractivity contribution in [3.8, 4) is 23.0 Å². The zero-order chi connectivity index (χ0) is 105. The number of hydrogen-bond acceptors (Lipinski definition) is 27. The average molecular weight is 2140 g/mol. The Kier molecular flexibility index (Phi) is 38.6. The van der Waals surface area contributed by atoms with Crippen LogP contribution >= 0.6 is 85.9 Å². The first-order valence-electron chi connectivity index (χ1n) is 45.4. The Bertz CT molecular complexity index is 5980. The van der Waals surface area contributed by atoms with Crippen LogP contribution in [0.3, 0.4) is 0 Å². The first kappa shape index (κ1) is 114. The fourth-order valence-corrected chi connectivity index (χ4v) is 20.3. The molecule has 5 N–H and O–H groups in total. The van der Waals surface area contributed by atoms with E-state index in [0.29, 0.717) is 52.1 Å². The maximum atomic E-state index is 14.5. The minimum atomic E-state index is -4.53. The lowest BCUT2D eigenvalue weighted by Gasteiger charge is -2.37. The Hall–Kier alpha value is -9.05. The second-order valence-electron chi connectivity index (χ2n) is 36.0. The summed E-state index contributed by atoms with van der Waals surface area (Å²) < 4.78 is 187. The van der Waals surface area contributed by atoms with Crippen LogP contribution in [0.5, 0.6) is 23.0 Å². The lowest BCUT2D eigenvalue weighted by Crippen LogP contribution is -2.45. The number of alkyl halides is 10. The van der Waals surface area contributed by atoms with Gasteiger partial charge in [-0.25, -0.2) is 19.2 Å². The molecule has 0 radical (unpaired) electrons. The molecule has 10 aromatic rings. The number of ether oxygens (including phenoxy) is 10. The summed E-state index contributed by atoms with van der Waals surface area (Å²) in [6, 6.07) is 62.9. The van der Waals surface area contributed by atoms with E-state index in [1.807, 2.05) is 206 Å². The molecule has 4 aliphatic heterocycles. The number of carbonyl (C=O) groups excluding carboxylic acids is 2. The van der Waals surface area contributed by atoms with Crippen LogP contribution in [0.4, 0.5) is 38.0 Å². The number of aromatic nitrogens is 4. The normalized spacial score (nSPS) is 20.3. The first-order valence-corrected chi connectivity index (χ1v) is 51.5.